The minimum Gasteiger partial charge on any atom is -0.446 e. The fraction of sp³-hybridized carbons (Fsp3) is 0.643. The number of hydrogen-bond donors (Lipinski definition) is 3. The van der Waals surface area contributed by atoms with Crippen LogP contribution in [0.15, 0.2) is 4.42 Å². The maximum absolute atomic E-state index is 8.95. The van der Waals surface area contributed by atoms with Crippen molar-refractivity contribution in [1.29, 1.82) is 5.26 Å². The van der Waals surface area contributed by atoms with Crippen molar-refractivity contribution in [1.82, 2.24) is 10.2 Å². The van der Waals surface area contributed by atoms with Gasteiger partial charge in [0.25, 0.3) is 0 Å². The van der Waals surface area contributed by atoms with Crippen molar-refractivity contribution in [2.24, 2.45) is 0 Å². The van der Waals surface area contributed by atoms with Crippen molar-refractivity contribution in [3.8, 4) is 6.07 Å². The fourth-order valence-corrected chi connectivity index (χ4v) is 3.02. The SMILES string of the molecule is CN1CCC(NC2CCc3oc(C#N)c(N)c3N2)CC1. The number of piperidine rings is 1. The Balaban J connectivity index is 1.64. The molecule has 1 saturated heterocycles. The number of anilines is 2. The highest BCUT2D eigenvalue weighted by Crippen LogP contribution is 2.35. The van der Waals surface area contributed by atoms with E-state index in [4.69, 9.17) is 15.4 Å². The third kappa shape index (κ3) is 2.47. The quantitative estimate of drug-likeness (QED) is 0.749. The van der Waals surface area contributed by atoms with Crippen LogP contribution in [-0.4, -0.2) is 37.2 Å². The molecule has 1 aromatic heterocycles. The van der Waals surface area contributed by atoms with Gasteiger partial charge in [-0.1, -0.05) is 0 Å². The molecule has 108 valence electrons. The molecule has 1 atom stereocenters. The second-order valence-electron chi connectivity index (χ2n) is 5.73. The minimum atomic E-state index is 0.211. The lowest BCUT2D eigenvalue weighted by atomic mass is 10.0. The van der Waals surface area contributed by atoms with Gasteiger partial charge in [-0.25, -0.2) is 0 Å². The van der Waals surface area contributed by atoms with Gasteiger partial charge in [0.05, 0.1) is 6.17 Å². The molecule has 3 heterocycles. The molecule has 6 nitrogen and oxygen atoms in total. The Labute approximate surface area is 118 Å². The Morgan fingerprint density at radius 1 is 1.40 bits per heavy atom. The van der Waals surface area contributed by atoms with Gasteiger partial charge < -0.3 is 20.4 Å². The third-order valence-electron chi connectivity index (χ3n) is 4.25. The van der Waals surface area contributed by atoms with Gasteiger partial charge in [0, 0.05) is 12.5 Å². The van der Waals surface area contributed by atoms with Crippen molar-refractivity contribution >= 4 is 11.4 Å². The zero-order chi connectivity index (χ0) is 14.1. The lowest BCUT2D eigenvalue weighted by Crippen LogP contribution is -2.49. The summed E-state index contributed by atoms with van der Waals surface area (Å²) in [7, 11) is 2.16. The van der Waals surface area contributed by atoms with E-state index in [1.54, 1.807) is 0 Å². The molecule has 0 aliphatic carbocycles. The molecule has 0 bridgehead atoms. The number of nitrogen functional groups attached to an aromatic ring is 1. The molecule has 0 aromatic carbocycles. The molecule has 20 heavy (non-hydrogen) atoms. The lowest BCUT2D eigenvalue weighted by Gasteiger charge is -2.34. The van der Waals surface area contributed by atoms with E-state index in [-0.39, 0.29) is 11.9 Å². The van der Waals surface area contributed by atoms with Crippen LogP contribution in [0.25, 0.3) is 0 Å². The summed E-state index contributed by atoms with van der Waals surface area (Å²) in [6.45, 7) is 2.28. The predicted molar refractivity (Wildman–Crippen MR) is 77.2 cm³/mol. The van der Waals surface area contributed by atoms with Gasteiger partial charge >= 0.3 is 0 Å². The molecule has 0 amide bonds. The molecule has 0 spiro atoms. The Bertz CT molecular complexity index is 524. The van der Waals surface area contributed by atoms with E-state index in [2.05, 4.69) is 22.6 Å². The highest BCUT2D eigenvalue weighted by Gasteiger charge is 2.27. The van der Waals surface area contributed by atoms with Gasteiger partial charge in [-0.15, -0.1) is 0 Å². The van der Waals surface area contributed by atoms with Crippen LogP contribution < -0.4 is 16.4 Å². The number of nitriles is 1. The molecule has 0 radical (unpaired) electrons. The standard InChI is InChI=1S/C14H21N5O/c1-19-6-4-9(5-7-19)17-12-3-2-10-14(18-12)13(16)11(8-15)20-10/h9,12,17-18H,2-7,16H2,1H3. The third-order valence-corrected chi connectivity index (χ3v) is 4.25. The van der Waals surface area contributed by atoms with E-state index in [9.17, 15) is 0 Å². The summed E-state index contributed by atoms with van der Waals surface area (Å²) in [4.78, 5) is 2.36. The second kappa shape index (κ2) is 5.35. The zero-order valence-corrected chi connectivity index (χ0v) is 11.8. The number of nitrogens with zero attached hydrogens (tertiary/aromatic N) is 2. The second-order valence-corrected chi connectivity index (χ2v) is 5.73. The van der Waals surface area contributed by atoms with Crippen LogP contribution in [0, 0.1) is 11.3 Å². The zero-order valence-electron chi connectivity index (χ0n) is 11.8. The van der Waals surface area contributed by atoms with E-state index in [0.717, 1.165) is 37.4 Å². The number of rotatable bonds is 2. The van der Waals surface area contributed by atoms with Gasteiger partial charge in [0.15, 0.2) is 0 Å². The van der Waals surface area contributed by atoms with Crippen LogP contribution in [-0.2, 0) is 6.42 Å². The molecular formula is C14H21N5O. The lowest BCUT2D eigenvalue weighted by molar-refractivity contribution is 0.224. The molecule has 4 N–H and O–H groups in total. The van der Waals surface area contributed by atoms with Crippen molar-refractivity contribution in [3.05, 3.63) is 11.5 Å². The first kappa shape index (κ1) is 13.3. The van der Waals surface area contributed by atoms with Crippen LogP contribution in [0.5, 0.6) is 0 Å². The normalized spacial score (nSPS) is 23.9. The summed E-state index contributed by atoms with van der Waals surface area (Å²) >= 11 is 0. The molecule has 6 heteroatoms. The van der Waals surface area contributed by atoms with Crippen molar-refractivity contribution < 1.29 is 4.42 Å². The number of furan rings is 1. The Kier molecular flexibility index (Phi) is 3.55. The van der Waals surface area contributed by atoms with Gasteiger partial charge in [0.2, 0.25) is 5.76 Å². The topological polar surface area (TPSA) is 90.2 Å². The number of hydrogen-bond acceptors (Lipinski definition) is 6. The van der Waals surface area contributed by atoms with E-state index in [0.29, 0.717) is 11.7 Å². The Morgan fingerprint density at radius 2 is 2.15 bits per heavy atom. The molecule has 3 rings (SSSR count). The van der Waals surface area contributed by atoms with Crippen molar-refractivity contribution in [2.45, 2.75) is 37.9 Å². The monoisotopic (exact) mass is 275 g/mol. The Hall–Kier alpha value is -1.71. The predicted octanol–water partition coefficient (Wildman–Crippen LogP) is 1.10. The number of nitrogens with two attached hydrogens (primary N) is 1. The van der Waals surface area contributed by atoms with Crippen LogP contribution in [0.4, 0.5) is 11.4 Å². The average molecular weight is 275 g/mol. The van der Waals surface area contributed by atoms with E-state index in [1.165, 1.54) is 12.8 Å². The first-order valence-electron chi connectivity index (χ1n) is 7.19. The van der Waals surface area contributed by atoms with Crippen LogP contribution >= 0.6 is 0 Å². The molecular weight excluding hydrogens is 254 g/mol. The Morgan fingerprint density at radius 3 is 2.85 bits per heavy atom. The van der Waals surface area contributed by atoms with Gasteiger partial charge in [-0.2, -0.15) is 5.26 Å². The van der Waals surface area contributed by atoms with Crippen LogP contribution in [0.2, 0.25) is 0 Å². The van der Waals surface area contributed by atoms with Crippen molar-refractivity contribution in [2.75, 3.05) is 31.2 Å². The number of nitrogens with one attached hydrogen (secondary N) is 2. The first-order valence-corrected chi connectivity index (χ1v) is 7.19. The van der Waals surface area contributed by atoms with E-state index >= 15 is 0 Å². The highest BCUT2D eigenvalue weighted by atomic mass is 16.3. The number of likely N-dealkylation sites (tertiary alicyclic amines) is 1. The molecule has 0 saturated carbocycles. The van der Waals surface area contributed by atoms with E-state index in [1.807, 2.05) is 6.07 Å². The van der Waals surface area contributed by atoms with Gasteiger partial charge in [-0.05, 0) is 39.4 Å². The molecule has 1 unspecified atom stereocenters. The summed E-state index contributed by atoms with van der Waals surface area (Å²) in [5.41, 5.74) is 7.18. The van der Waals surface area contributed by atoms with E-state index < -0.39 is 0 Å². The van der Waals surface area contributed by atoms with Gasteiger partial charge in [-0.3, -0.25) is 5.32 Å². The van der Waals surface area contributed by atoms with Gasteiger partial charge in [0.1, 0.15) is 23.2 Å². The highest BCUT2D eigenvalue weighted by molar-refractivity contribution is 5.74. The average Bonchev–Trinajstić information content (AvgIpc) is 2.78. The molecule has 2 aliphatic heterocycles. The van der Waals surface area contributed by atoms with Crippen molar-refractivity contribution in [3.63, 3.8) is 0 Å². The molecule has 1 aromatic rings. The summed E-state index contributed by atoms with van der Waals surface area (Å²) < 4.78 is 5.46. The maximum atomic E-state index is 8.95. The first-order chi connectivity index (χ1) is 9.67. The largest absolute Gasteiger partial charge is 0.446 e. The van der Waals surface area contributed by atoms with Crippen LogP contribution in [0.3, 0.4) is 0 Å². The maximum Gasteiger partial charge on any atom is 0.228 e. The molecule has 1 fully saturated rings. The van der Waals surface area contributed by atoms with Crippen LogP contribution in [0.1, 0.15) is 30.8 Å². The summed E-state index contributed by atoms with van der Waals surface area (Å²) in [6.07, 6.45) is 4.33. The summed E-state index contributed by atoms with van der Waals surface area (Å²) in [5, 5.41) is 16.0. The fourth-order valence-electron chi connectivity index (χ4n) is 3.02. The molecule has 2 aliphatic rings. The smallest absolute Gasteiger partial charge is 0.228 e. The minimum absolute atomic E-state index is 0.211. The number of fused-ring (bicyclic) bond motifs is 1. The number of aryl methyl sites for hydroxylation is 1. The summed E-state index contributed by atoms with van der Waals surface area (Å²) in [6, 6.07) is 2.55. The summed E-state index contributed by atoms with van der Waals surface area (Å²) in [5.74, 6) is 1.03.